The second-order valence-corrected chi connectivity index (χ2v) is 4.29. The number of fused-ring (bicyclic) bond motifs is 1. The van der Waals surface area contributed by atoms with Crippen LogP contribution in [0, 0.1) is 0 Å². The average Bonchev–Trinajstić information content (AvgIpc) is 2.86. The number of carbonyl (C=O) groups is 1. The Labute approximate surface area is 93.0 Å². The highest BCUT2D eigenvalue weighted by atomic mass is 16.5. The lowest BCUT2D eigenvalue weighted by Crippen LogP contribution is -2.50. The van der Waals surface area contributed by atoms with E-state index >= 15 is 0 Å². The van der Waals surface area contributed by atoms with Gasteiger partial charge in [0.2, 0.25) is 5.91 Å². The van der Waals surface area contributed by atoms with Gasteiger partial charge < -0.3 is 15.0 Å². The largest absolute Gasteiger partial charge is 0.365 e. The van der Waals surface area contributed by atoms with Crippen LogP contribution in [0.25, 0.3) is 0 Å². The van der Waals surface area contributed by atoms with Gasteiger partial charge in [0.15, 0.2) is 0 Å². The van der Waals surface area contributed by atoms with Crippen LogP contribution in [0.5, 0.6) is 0 Å². The van der Waals surface area contributed by atoms with E-state index in [-0.39, 0.29) is 24.7 Å². The molecule has 2 saturated heterocycles. The second-order valence-electron chi connectivity index (χ2n) is 4.29. The van der Waals surface area contributed by atoms with Crippen molar-refractivity contribution in [2.45, 2.75) is 18.7 Å². The normalized spacial score (nSPS) is 30.1. The van der Waals surface area contributed by atoms with E-state index in [9.17, 15) is 4.79 Å². The Morgan fingerprint density at radius 2 is 2.50 bits per heavy atom. The third-order valence-electron chi connectivity index (χ3n) is 3.07. The summed E-state index contributed by atoms with van der Waals surface area (Å²) in [5, 5.41) is 2.96. The number of amides is 1. The molecule has 2 N–H and O–H groups in total. The Hall–Kier alpha value is -1.40. The number of carbonyl (C=O) groups excluding carboxylic acids is 1. The molecule has 0 saturated carbocycles. The monoisotopic (exact) mass is 222 g/mol. The summed E-state index contributed by atoms with van der Waals surface area (Å²) in [6.45, 7) is 2.73. The van der Waals surface area contributed by atoms with Crippen LogP contribution in [-0.4, -0.2) is 52.6 Å². The van der Waals surface area contributed by atoms with Gasteiger partial charge in [-0.1, -0.05) is 0 Å². The molecular weight excluding hydrogens is 208 g/mol. The van der Waals surface area contributed by atoms with Gasteiger partial charge in [-0.05, 0) is 0 Å². The van der Waals surface area contributed by atoms with Gasteiger partial charge in [0, 0.05) is 31.5 Å². The van der Waals surface area contributed by atoms with Crippen LogP contribution in [0.1, 0.15) is 5.69 Å². The number of aromatic amines is 1. The minimum atomic E-state index is -0.00959. The Kier molecular flexibility index (Phi) is 2.37. The number of rotatable bonds is 2. The first-order valence-electron chi connectivity index (χ1n) is 5.42. The van der Waals surface area contributed by atoms with Crippen molar-refractivity contribution < 1.29 is 9.53 Å². The Bertz CT molecular complexity index is 378. The van der Waals surface area contributed by atoms with Gasteiger partial charge in [-0.2, -0.15) is 0 Å². The molecule has 1 aromatic heterocycles. The Balaban J connectivity index is 1.62. The van der Waals surface area contributed by atoms with E-state index in [1.165, 1.54) is 0 Å². The van der Waals surface area contributed by atoms with Crippen molar-refractivity contribution in [2.75, 3.05) is 19.7 Å². The molecule has 1 aromatic rings. The fourth-order valence-corrected chi connectivity index (χ4v) is 2.33. The van der Waals surface area contributed by atoms with Gasteiger partial charge >= 0.3 is 0 Å². The summed E-state index contributed by atoms with van der Waals surface area (Å²) in [5.74, 6) is -0.00959. The third kappa shape index (κ3) is 1.81. The summed E-state index contributed by atoms with van der Waals surface area (Å²) in [4.78, 5) is 20.5. The average molecular weight is 222 g/mol. The van der Waals surface area contributed by atoms with Gasteiger partial charge in [0.1, 0.15) is 6.61 Å². The lowest BCUT2D eigenvalue weighted by Gasteiger charge is -2.25. The topological polar surface area (TPSA) is 70.2 Å². The number of ether oxygens (including phenoxy) is 1. The first kappa shape index (κ1) is 9.80. The zero-order valence-electron chi connectivity index (χ0n) is 8.85. The number of hydrogen-bond donors (Lipinski definition) is 2. The fourth-order valence-electron chi connectivity index (χ4n) is 2.33. The number of nitrogens with one attached hydrogen (secondary N) is 2. The highest BCUT2D eigenvalue weighted by molar-refractivity contribution is 5.78. The summed E-state index contributed by atoms with van der Waals surface area (Å²) in [6, 6.07) is 0.143. The van der Waals surface area contributed by atoms with E-state index in [4.69, 9.17) is 4.74 Å². The molecule has 1 amide bonds. The molecule has 16 heavy (non-hydrogen) atoms. The van der Waals surface area contributed by atoms with E-state index in [1.54, 1.807) is 6.33 Å². The molecule has 2 aliphatic heterocycles. The van der Waals surface area contributed by atoms with Crippen LogP contribution in [0.15, 0.2) is 12.5 Å². The predicted molar refractivity (Wildman–Crippen MR) is 55.5 cm³/mol. The SMILES string of the molecule is O=C1CO[C@H]2CN(Cc3cnc[nH]3)C[C@@H]2N1. The number of hydrogen-bond acceptors (Lipinski definition) is 4. The number of aromatic nitrogens is 2. The molecule has 0 bridgehead atoms. The Morgan fingerprint density at radius 1 is 1.56 bits per heavy atom. The van der Waals surface area contributed by atoms with Crippen LogP contribution >= 0.6 is 0 Å². The third-order valence-corrected chi connectivity index (χ3v) is 3.07. The van der Waals surface area contributed by atoms with E-state index < -0.39 is 0 Å². The van der Waals surface area contributed by atoms with E-state index in [1.807, 2.05) is 6.20 Å². The number of imidazole rings is 1. The van der Waals surface area contributed by atoms with E-state index in [0.717, 1.165) is 25.3 Å². The molecule has 0 spiro atoms. The summed E-state index contributed by atoms with van der Waals surface area (Å²) in [6.07, 6.45) is 3.64. The van der Waals surface area contributed by atoms with Gasteiger partial charge in [-0.25, -0.2) is 4.98 Å². The van der Waals surface area contributed by atoms with Crippen LogP contribution in [0.2, 0.25) is 0 Å². The van der Waals surface area contributed by atoms with Crippen molar-refractivity contribution >= 4 is 5.91 Å². The molecular formula is C10H14N4O2. The maximum absolute atomic E-state index is 11.2. The zero-order chi connectivity index (χ0) is 11.0. The number of nitrogens with zero attached hydrogens (tertiary/aromatic N) is 2. The molecule has 2 fully saturated rings. The van der Waals surface area contributed by atoms with Gasteiger partial charge in [-0.3, -0.25) is 9.69 Å². The standard InChI is InChI=1S/C10H14N4O2/c15-10-5-16-9-4-14(3-8(9)13-10)2-7-1-11-6-12-7/h1,6,8-9H,2-5H2,(H,11,12)(H,13,15)/t8-,9-/m0/s1. The maximum Gasteiger partial charge on any atom is 0.246 e. The highest BCUT2D eigenvalue weighted by Gasteiger charge is 2.37. The molecule has 6 heteroatoms. The van der Waals surface area contributed by atoms with Crippen LogP contribution in [-0.2, 0) is 16.1 Å². The second kappa shape index (κ2) is 3.88. The van der Waals surface area contributed by atoms with Crippen molar-refractivity contribution in [1.29, 1.82) is 0 Å². The molecule has 3 heterocycles. The van der Waals surface area contributed by atoms with Gasteiger partial charge in [0.05, 0.1) is 18.5 Å². The van der Waals surface area contributed by atoms with E-state index in [0.29, 0.717) is 0 Å². The molecule has 2 atom stereocenters. The van der Waals surface area contributed by atoms with Crippen molar-refractivity contribution in [3.8, 4) is 0 Å². The van der Waals surface area contributed by atoms with Crippen LogP contribution in [0.3, 0.4) is 0 Å². The van der Waals surface area contributed by atoms with Gasteiger partial charge in [-0.15, -0.1) is 0 Å². The molecule has 6 nitrogen and oxygen atoms in total. The summed E-state index contributed by atoms with van der Waals surface area (Å²) < 4.78 is 5.48. The Morgan fingerprint density at radius 3 is 3.31 bits per heavy atom. The molecule has 2 aliphatic rings. The maximum atomic E-state index is 11.2. The molecule has 0 radical (unpaired) electrons. The fraction of sp³-hybridized carbons (Fsp3) is 0.600. The lowest BCUT2D eigenvalue weighted by molar-refractivity contribution is -0.134. The molecule has 3 rings (SSSR count). The van der Waals surface area contributed by atoms with Crippen molar-refractivity contribution in [3.05, 3.63) is 18.2 Å². The minimum absolute atomic E-state index is 0.00959. The minimum Gasteiger partial charge on any atom is -0.365 e. The summed E-state index contributed by atoms with van der Waals surface area (Å²) in [7, 11) is 0. The van der Waals surface area contributed by atoms with Gasteiger partial charge in [0.25, 0.3) is 0 Å². The van der Waals surface area contributed by atoms with Crippen molar-refractivity contribution in [2.24, 2.45) is 0 Å². The van der Waals surface area contributed by atoms with E-state index in [2.05, 4.69) is 20.2 Å². The number of likely N-dealkylation sites (tertiary alicyclic amines) is 1. The van der Waals surface area contributed by atoms with Crippen molar-refractivity contribution in [3.63, 3.8) is 0 Å². The first-order chi connectivity index (χ1) is 7.81. The van der Waals surface area contributed by atoms with Crippen LogP contribution in [0.4, 0.5) is 0 Å². The number of H-pyrrole nitrogens is 1. The predicted octanol–water partition coefficient (Wildman–Crippen LogP) is -0.891. The quantitative estimate of drug-likeness (QED) is 0.681. The summed E-state index contributed by atoms with van der Waals surface area (Å²) >= 11 is 0. The smallest absolute Gasteiger partial charge is 0.246 e. The highest BCUT2D eigenvalue weighted by Crippen LogP contribution is 2.18. The zero-order valence-corrected chi connectivity index (χ0v) is 8.85. The lowest BCUT2D eigenvalue weighted by atomic mass is 10.2. The number of morpholine rings is 1. The molecule has 0 aliphatic carbocycles. The van der Waals surface area contributed by atoms with Crippen LogP contribution < -0.4 is 5.32 Å². The first-order valence-corrected chi connectivity index (χ1v) is 5.42. The molecule has 86 valence electrons. The molecule has 0 unspecified atom stereocenters. The molecule has 0 aromatic carbocycles. The summed E-state index contributed by atoms with van der Waals surface area (Å²) in [5.41, 5.74) is 1.09. The van der Waals surface area contributed by atoms with Crippen molar-refractivity contribution in [1.82, 2.24) is 20.2 Å².